The van der Waals surface area contributed by atoms with Crippen molar-refractivity contribution in [3.8, 4) is 0 Å². The van der Waals surface area contributed by atoms with Gasteiger partial charge in [0.25, 0.3) is 0 Å². The third-order valence-electron chi connectivity index (χ3n) is 2.51. The predicted octanol–water partition coefficient (Wildman–Crippen LogP) is 0.475. The van der Waals surface area contributed by atoms with E-state index in [0.717, 1.165) is 0 Å². The molecule has 0 aromatic carbocycles. The quantitative estimate of drug-likeness (QED) is 0.548. The molecule has 1 aromatic rings. The summed E-state index contributed by atoms with van der Waals surface area (Å²) in [6.45, 7) is 0.346. The second kappa shape index (κ2) is 6.86. The number of ether oxygens (including phenoxy) is 1. The Balaban J connectivity index is 2.98. The molecule has 2 N–H and O–H groups in total. The number of anilines is 2. The van der Waals surface area contributed by atoms with Crippen LogP contribution in [0, 0.1) is 10.1 Å². The SMILES string of the molecule is CNc1ccc([N+](=O)[O-])c(N(C)CC(O)COC)n1. The normalized spacial score (nSPS) is 12.0. The summed E-state index contributed by atoms with van der Waals surface area (Å²) in [4.78, 5) is 16.1. The summed E-state index contributed by atoms with van der Waals surface area (Å²) in [7, 11) is 4.79. The molecule has 1 unspecified atom stereocenters. The Labute approximate surface area is 111 Å². The van der Waals surface area contributed by atoms with E-state index in [1.807, 2.05) is 0 Å². The Morgan fingerprint density at radius 2 is 2.32 bits per heavy atom. The van der Waals surface area contributed by atoms with Crippen molar-refractivity contribution in [2.24, 2.45) is 0 Å². The molecule has 1 atom stereocenters. The molecular formula is C11H18N4O4. The minimum absolute atomic E-state index is 0.105. The molecule has 106 valence electrons. The van der Waals surface area contributed by atoms with Crippen molar-refractivity contribution in [1.82, 2.24) is 4.98 Å². The minimum Gasteiger partial charge on any atom is -0.389 e. The van der Waals surface area contributed by atoms with Crippen molar-refractivity contribution >= 4 is 17.3 Å². The fourth-order valence-electron chi connectivity index (χ4n) is 1.65. The molecule has 0 fully saturated rings. The number of nitrogens with zero attached hydrogens (tertiary/aromatic N) is 3. The van der Waals surface area contributed by atoms with E-state index < -0.39 is 11.0 Å². The van der Waals surface area contributed by atoms with Crippen LogP contribution < -0.4 is 10.2 Å². The van der Waals surface area contributed by atoms with Gasteiger partial charge in [0.15, 0.2) is 0 Å². The molecule has 0 spiro atoms. The van der Waals surface area contributed by atoms with Crippen LogP contribution in [0.25, 0.3) is 0 Å². The molecule has 0 radical (unpaired) electrons. The van der Waals surface area contributed by atoms with Gasteiger partial charge in [-0.3, -0.25) is 10.1 Å². The largest absolute Gasteiger partial charge is 0.389 e. The molecule has 0 saturated carbocycles. The van der Waals surface area contributed by atoms with Gasteiger partial charge in [-0.05, 0) is 6.07 Å². The van der Waals surface area contributed by atoms with Crippen LogP contribution in [0.15, 0.2) is 12.1 Å². The molecule has 0 aliphatic rings. The van der Waals surface area contributed by atoms with E-state index in [1.54, 1.807) is 14.1 Å². The van der Waals surface area contributed by atoms with Crippen LogP contribution in [-0.4, -0.2) is 55.5 Å². The van der Waals surface area contributed by atoms with Gasteiger partial charge in [0.1, 0.15) is 5.82 Å². The number of nitrogens with one attached hydrogen (secondary N) is 1. The zero-order chi connectivity index (χ0) is 14.4. The van der Waals surface area contributed by atoms with Gasteiger partial charge in [-0.2, -0.15) is 0 Å². The number of pyridine rings is 1. The molecule has 8 heteroatoms. The first-order chi connectivity index (χ1) is 8.99. The Bertz CT molecular complexity index is 441. The standard InChI is InChI=1S/C11H18N4O4/c1-12-10-5-4-9(15(17)18)11(13-10)14(2)6-8(16)7-19-3/h4-5,8,16H,6-7H2,1-3H3,(H,12,13). The monoisotopic (exact) mass is 270 g/mol. The predicted molar refractivity (Wildman–Crippen MR) is 71.6 cm³/mol. The lowest BCUT2D eigenvalue weighted by molar-refractivity contribution is -0.384. The summed E-state index contributed by atoms with van der Waals surface area (Å²) in [5, 5.41) is 23.4. The van der Waals surface area contributed by atoms with Crippen LogP contribution in [0.3, 0.4) is 0 Å². The number of hydrogen-bond donors (Lipinski definition) is 2. The number of methoxy groups -OCH3 is 1. The molecule has 0 aliphatic carbocycles. The second-order valence-corrected chi connectivity index (χ2v) is 4.04. The molecule has 1 heterocycles. The van der Waals surface area contributed by atoms with Crippen LogP contribution in [0.4, 0.5) is 17.3 Å². The fourth-order valence-corrected chi connectivity index (χ4v) is 1.65. The molecule has 0 aliphatic heterocycles. The van der Waals surface area contributed by atoms with Crippen molar-refractivity contribution in [1.29, 1.82) is 0 Å². The molecule has 1 rings (SSSR count). The number of rotatable bonds is 7. The highest BCUT2D eigenvalue weighted by atomic mass is 16.6. The van der Waals surface area contributed by atoms with Crippen molar-refractivity contribution in [2.45, 2.75) is 6.10 Å². The van der Waals surface area contributed by atoms with Crippen molar-refractivity contribution in [3.05, 3.63) is 22.2 Å². The zero-order valence-corrected chi connectivity index (χ0v) is 11.2. The van der Waals surface area contributed by atoms with E-state index in [9.17, 15) is 15.2 Å². The third kappa shape index (κ3) is 4.04. The first kappa shape index (κ1) is 15.1. The average Bonchev–Trinajstić information content (AvgIpc) is 2.37. The fraction of sp³-hybridized carbons (Fsp3) is 0.545. The summed E-state index contributed by atoms with van der Waals surface area (Å²) in [5.41, 5.74) is -0.105. The Hall–Kier alpha value is -1.93. The lowest BCUT2D eigenvalue weighted by Gasteiger charge is -2.21. The van der Waals surface area contributed by atoms with E-state index >= 15 is 0 Å². The highest BCUT2D eigenvalue weighted by Gasteiger charge is 2.21. The van der Waals surface area contributed by atoms with Crippen molar-refractivity contribution < 1.29 is 14.8 Å². The maximum absolute atomic E-state index is 11.0. The molecule has 1 aromatic heterocycles. The second-order valence-electron chi connectivity index (χ2n) is 4.04. The van der Waals surface area contributed by atoms with Gasteiger partial charge in [0.2, 0.25) is 5.82 Å². The Kier molecular flexibility index (Phi) is 5.46. The highest BCUT2D eigenvalue weighted by Crippen LogP contribution is 2.26. The van der Waals surface area contributed by atoms with E-state index in [2.05, 4.69) is 10.3 Å². The number of hydrogen-bond acceptors (Lipinski definition) is 7. The van der Waals surface area contributed by atoms with Gasteiger partial charge in [-0.1, -0.05) is 0 Å². The molecule has 0 saturated heterocycles. The lowest BCUT2D eigenvalue weighted by atomic mass is 10.3. The number of aliphatic hydroxyl groups is 1. The van der Waals surface area contributed by atoms with Crippen LogP contribution in [-0.2, 0) is 4.74 Å². The van der Waals surface area contributed by atoms with Gasteiger partial charge in [-0.15, -0.1) is 0 Å². The summed E-state index contributed by atoms with van der Waals surface area (Å²) in [6.07, 6.45) is -0.741. The summed E-state index contributed by atoms with van der Waals surface area (Å²) in [6, 6.07) is 2.91. The van der Waals surface area contributed by atoms with Gasteiger partial charge in [0.05, 0.1) is 17.6 Å². The summed E-state index contributed by atoms with van der Waals surface area (Å²) >= 11 is 0. The van der Waals surface area contributed by atoms with E-state index in [4.69, 9.17) is 4.74 Å². The summed E-state index contributed by atoms with van der Waals surface area (Å²) < 4.78 is 4.82. The van der Waals surface area contributed by atoms with Gasteiger partial charge in [0, 0.05) is 33.8 Å². The number of nitro groups is 1. The highest BCUT2D eigenvalue weighted by molar-refractivity contribution is 5.61. The molecule has 8 nitrogen and oxygen atoms in total. The Morgan fingerprint density at radius 3 is 2.84 bits per heavy atom. The number of aromatic nitrogens is 1. The van der Waals surface area contributed by atoms with Crippen LogP contribution >= 0.6 is 0 Å². The average molecular weight is 270 g/mol. The van der Waals surface area contributed by atoms with Crippen LogP contribution in [0.1, 0.15) is 0 Å². The maximum atomic E-state index is 11.0. The first-order valence-corrected chi connectivity index (χ1v) is 5.71. The van der Waals surface area contributed by atoms with Gasteiger partial charge >= 0.3 is 5.69 Å². The van der Waals surface area contributed by atoms with Gasteiger partial charge < -0.3 is 20.1 Å². The third-order valence-corrected chi connectivity index (χ3v) is 2.51. The lowest BCUT2D eigenvalue weighted by Crippen LogP contribution is -2.32. The van der Waals surface area contributed by atoms with E-state index in [0.29, 0.717) is 5.82 Å². The van der Waals surface area contributed by atoms with Crippen LogP contribution in [0.5, 0.6) is 0 Å². The van der Waals surface area contributed by atoms with Crippen LogP contribution in [0.2, 0.25) is 0 Å². The van der Waals surface area contributed by atoms with Crippen molar-refractivity contribution in [2.75, 3.05) is 44.6 Å². The van der Waals surface area contributed by atoms with E-state index in [1.165, 1.54) is 24.1 Å². The van der Waals surface area contributed by atoms with E-state index in [-0.39, 0.29) is 24.7 Å². The summed E-state index contributed by atoms with van der Waals surface area (Å²) in [5.74, 6) is 0.723. The first-order valence-electron chi connectivity index (χ1n) is 5.71. The smallest absolute Gasteiger partial charge is 0.311 e. The van der Waals surface area contributed by atoms with Gasteiger partial charge in [-0.25, -0.2) is 4.98 Å². The molecule has 0 bridgehead atoms. The zero-order valence-electron chi connectivity index (χ0n) is 11.2. The molecular weight excluding hydrogens is 252 g/mol. The number of likely N-dealkylation sites (N-methyl/N-ethyl adjacent to an activating group) is 1. The molecule has 0 amide bonds. The molecule has 19 heavy (non-hydrogen) atoms. The minimum atomic E-state index is -0.741. The Morgan fingerprint density at radius 1 is 1.63 bits per heavy atom. The topological polar surface area (TPSA) is 101 Å². The maximum Gasteiger partial charge on any atom is 0.311 e. The van der Waals surface area contributed by atoms with Crippen molar-refractivity contribution in [3.63, 3.8) is 0 Å². The number of aliphatic hydroxyl groups excluding tert-OH is 1.